The predicted molar refractivity (Wildman–Crippen MR) is 58.2 cm³/mol. The minimum absolute atomic E-state index is 0.0273. The van der Waals surface area contributed by atoms with E-state index in [0.717, 1.165) is 5.52 Å². The molecule has 0 aliphatic heterocycles. The number of nitrogens with one attached hydrogen (secondary N) is 1. The van der Waals surface area contributed by atoms with Gasteiger partial charge < -0.3 is 0 Å². The van der Waals surface area contributed by atoms with Crippen molar-refractivity contribution < 1.29 is 4.79 Å². The summed E-state index contributed by atoms with van der Waals surface area (Å²) >= 11 is 0. The molecule has 0 radical (unpaired) electrons. The molecule has 0 aliphatic carbocycles. The van der Waals surface area contributed by atoms with Gasteiger partial charge >= 0.3 is 0 Å². The Morgan fingerprint density at radius 1 is 1.47 bits per heavy atom. The van der Waals surface area contributed by atoms with Crippen molar-refractivity contribution in [2.45, 2.75) is 20.4 Å². The summed E-state index contributed by atoms with van der Waals surface area (Å²) in [5.41, 5.74) is 1.27. The normalized spacial score (nSPS) is 10.8. The second kappa shape index (κ2) is 3.38. The number of carbonyl (C=O) groups excluding carboxylic acids is 1. The van der Waals surface area contributed by atoms with E-state index in [-0.39, 0.29) is 11.3 Å². The lowest BCUT2D eigenvalue weighted by Crippen LogP contribution is -2.03. The molecule has 0 spiro atoms. The maximum absolute atomic E-state index is 11.5. The maximum Gasteiger partial charge on any atom is 0.271 e. The SMILES string of the molecule is CCn1[nH]c(=O)c2cc(C(C)=O)ccc21. The molecule has 0 amide bonds. The zero-order valence-electron chi connectivity index (χ0n) is 8.70. The molecule has 78 valence electrons. The number of hydrogen-bond donors (Lipinski definition) is 1. The van der Waals surface area contributed by atoms with Crippen LogP contribution in [0.1, 0.15) is 24.2 Å². The van der Waals surface area contributed by atoms with Crippen LogP contribution in [0, 0.1) is 0 Å². The van der Waals surface area contributed by atoms with Gasteiger partial charge in [-0.1, -0.05) is 0 Å². The number of nitrogens with zero attached hydrogens (tertiary/aromatic N) is 1. The van der Waals surface area contributed by atoms with Crippen LogP contribution in [0.15, 0.2) is 23.0 Å². The van der Waals surface area contributed by atoms with E-state index in [2.05, 4.69) is 5.10 Å². The number of aryl methyl sites for hydroxylation is 1. The average Bonchev–Trinajstić information content (AvgIpc) is 2.55. The van der Waals surface area contributed by atoms with Crippen LogP contribution in [-0.4, -0.2) is 15.6 Å². The molecule has 0 fully saturated rings. The fourth-order valence-corrected chi connectivity index (χ4v) is 1.66. The van der Waals surface area contributed by atoms with E-state index < -0.39 is 0 Å². The van der Waals surface area contributed by atoms with E-state index in [1.807, 2.05) is 6.92 Å². The fourth-order valence-electron chi connectivity index (χ4n) is 1.66. The molecular weight excluding hydrogens is 192 g/mol. The van der Waals surface area contributed by atoms with E-state index in [1.165, 1.54) is 6.92 Å². The van der Waals surface area contributed by atoms with Crippen LogP contribution < -0.4 is 5.56 Å². The van der Waals surface area contributed by atoms with Crippen molar-refractivity contribution in [3.63, 3.8) is 0 Å². The first-order valence-corrected chi connectivity index (χ1v) is 4.87. The Hall–Kier alpha value is -1.84. The highest BCUT2D eigenvalue weighted by atomic mass is 16.1. The van der Waals surface area contributed by atoms with Gasteiger partial charge in [-0.05, 0) is 32.0 Å². The lowest BCUT2D eigenvalue weighted by molar-refractivity contribution is 0.101. The van der Waals surface area contributed by atoms with Gasteiger partial charge in [-0.15, -0.1) is 0 Å². The largest absolute Gasteiger partial charge is 0.295 e. The number of aromatic amines is 1. The lowest BCUT2D eigenvalue weighted by atomic mass is 10.1. The first-order chi connectivity index (χ1) is 7.13. The van der Waals surface area contributed by atoms with Crippen molar-refractivity contribution in [2.75, 3.05) is 0 Å². The predicted octanol–water partition coefficient (Wildman–Crippen LogP) is 1.55. The van der Waals surface area contributed by atoms with Crippen LogP contribution in [0.2, 0.25) is 0 Å². The molecule has 0 saturated carbocycles. The second-order valence-electron chi connectivity index (χ2n) is 3.47. The summed E-state index contributed by atoms with van der Waals surface area (Å²) in [6.07, 6.45) is 0. The summed E-state index contributed by atoms with van der Waals surface area (Å²) in [6, 6.07) is 5.18. The van der Waals surface area contributed by atoms with Crippen molar-refractivity contribution in [1.82, 2.24) is 9.78 Å². The topological polar surface area (TPSA) is 54.9 Å². The van der Waals surface area contributed by atoms with Crippen LogP contribution in [0.25, 0.3) is 10.9 Å². The fraction of sp³-hybridized carbons (Fsp3) is 0.273. The van der Waals surface area contributed by atoms with Crippen LogP contribution >= 0.6 is 0 Å². The molecule has 0 saturated heterocycles. The summed E-state index contributed by atoms with van der Waals surface area (Å²) in [5, 5.41) is 3.29. The molecular formula is C11H12N2O2. The van der Waals surface area contributed by atoms with Crippen molar-refractivity contribution in [2.24, 2.45) is 0 Å². The minimum Gasteiger partial charge on any atom is -0.295 e. The van der Waals surface area contributed by atoms with Crippen LogP contribution in [0.4, 0.5) is 0 Å². The van der Waals surface area contributed by atoms with Crippen molar-refractivity contribution in [3.8, 4) is 0 Å². The van der Waals surface area contributed by atoms with Gasteiger partial charge in [0.15, 0.2) is 5.78 Å². The van der Waals surface area contributed by atoms with Crippen LogP contribution in [-0.2, 0) is 6.54 Å². The van der Waals surface area contributed by atoms with E-state index >= 15 is 0 Å². The molecule has 0 atom stereocenters. The second-order valence-corrected chi connectivity index (χ2v) is 3.47. The molecule has 15 heavy (non-hydrogen) atoms. The summed E-state index contributed by atoms with van der Waals surface area (Å²) in [6.45, 7) is 4.15. The average molecular weight is 204 g/mol. The summed E-state index contributed by atoms with van der Waals surface area (Å²) in [7, 11) is 0. The van der Waals surface area contributed by atoms with Gasteiger partial charge in [0.05, 0.1) is 10.9 Å². The standard InChI is InChI=1S/C11H12N2O2/c1-3-13-10-5-4-8(7(2)14)6-9(10)11(15)12-13/h4-6H,3H2,1-2H3,(H,12,15). The number of H-pyrrole nitrogens is 1. The third-order valence-corrected chi connectivity index (χ3v) is 2.49. The minimum atomic E-state index is -0.144. The van der Waals surface area contributed by atoms with Gasteiger partial charge in [-0.3, -0.25) is 19.4 Å². The number of Topliss-reactive ketones (excluding diaryl/α,β-unsaturated/α-hetero) is 1. The number of ketones is 1. The Bertz CT molecular complexity index is 578. The first kappa shape index (κ1) is 9.71. The van der Waals surface area contributed by atoms with Crippen molar-refractivity contribution in [1.29, 1.82) is 0 Å². The smallest absolute Gasteiger partial charge is 0.271 e. The van der Waals surface area contributed by atoms with E-state index in [1.54, 1.807) is 22.9 Å². The number of fused-ring (bicyclic) bond motifs is 1. The lowest BCUT2D eigenvalue weighted by Gasteiger charge is -1.99. The molecule has 0 unspecified atom stereocenters. The van der Waals surface area contributed by atoms with E-state index in [0.29, 0.717) is 17.5 Å². The Morgan fingerprint density at radius 3 is 2.80 bits per heavy atom. The van der Waals surface area contributed by atoms with Gasteiger partial charge in [0.25, 0.3) is 5.56 Å². The molecule has 4 nitrogen and oxygen atoms in total. The molecule has 1 heterocycles. The van der Waals surface area contributed by atoms with E-state index in [4.69, 9.17) is 0 Å². The molecule has 1 N–H and O–H groups in total. The van der Waals surface area contributed by atoms with Crippen LogP contribution in [0.5, 0.6) is 0 Å². The maximum atomic E-state index is 11.5. The third-order valence-electron chi connectivity index (χ3n) is 2.49. The Kier molecular flexibility index (Phi) is 2.19. The number of hydrogen-bond acceptors (Lipinski definition) is 2. The van der Waals surface area contributed by atoms with Gasteiger partial charge in [0.2, 0.25) is 0 Å². The molecule has 1 aromatic heterocycles. The van der Waals surface area contributed by atoms with E-state index in [9.17, 15) is 9.59 Å². The molecule has 4 heteroatoms. The number of rotatable bonds is 2. The first-order valence-electron chi connectivity index (χ1n) is 4.87. The van der Waals surface area contributed by atoms with Gasteiger partial charge in [0, 0.05) is 12.1 Å². The number of carbonyl (C=O) groups is 1. The Labute approximate surface area is 86.5 Å². The highest BCUT2D eigenvalue weighted by Gasteiger charge is 2.07. The van der Waals surface area contributed by atoms with Gasteiger partial charge in [-0.2, -0.15) is 0 Å². The highest BCUT2D eigenvalue weighted by Crippen LogP contribution is 2.12. The zero-order valence-corrected chi connectivity index (χ0v) is 8.70. The van der Waals surface area contributed by atoms with Gasteiger partial charge in [-0.25, -0.2) is 0 Å². The highest BCUT2D eigenvalue weighted by molar-refractivity contribution is 5.97. The third kappa shape index (κ3) is 1.48. The summed E-state index contributed by atoms with van der Waals surface area (Å²) in [5.74, 6) is -0.0273. The molecule has 2 aromatic rings. The molecule has 0 aliphatic rings. The van der Waals surface area contributed by atoms with Crippen molar-refractivity contribution >= 4 is 16.7 Å². The molecule has 0 bridgehead atoms. The summed E-state index contributed by atoms with van der Waals surface area (Å²) in [4.78, 5) is 22.7. The van der Waals surface area contributed by atoms with Crippen LogP contribution in [0.3, 0.4) is 0 Å². The Balaban J connectivity index is 2.78. The quantitative estimate of drug-likeness (QED) is 0.754. The number of benzene rings is 1. The monoisotopic (exact) mass is 204 g/mol. The molecule has 1 aromatic carbocycles. The Morgan fingerprint density at radius 2 is 2.20 bits per heavy atom. The molecule has 2 rings (SSSR count). The van der Waals surface area contributed by atoms with Crippen molar-refractivity contribution in [3.05, 3.63) is 34.1 Å². The zero-order chi connectivity index (χ0) is 11.0. The summed E-state index contributed by atoms with van der Waals surface area (Å²) < 4.78 is 1.77. The van der Waals surface area contributed by atoms with Gasteiger partial charge in [0.1, 0.15) is 0 Å². The number of aromatic nitrogens is 2.